The van der Waals surface area contributed by atoms with Gasteiger partial charge in [0.15, 0.2) is 0 Å². The van der Waals surface area contributed by atoms with E-state index in [1.807, 2.05) is 0 Å². The average molecular weight is 933 g/mol. The molecule has 2 N–H and O–H groups in total. The van der Waals surface area contributed by atoms with E-state index in [0.29, 0.717) is 43.0 Å². The molecule has 0 saturated carbocycles. The lowest BCUT2D eigenvalue weighted by atomic mass is 9.69. The Morgan fingerprint density at radius 1 is 0.435 bits per heavy atom. The third-order valence-corrected chi connectivity index (χ3v) is 14.5. The van der Waals surface area contributed by atoms with Gasteiger partial charge in [0.1, 0.15) is 23.0 Å². The molecule has 0 aliphatic heterocycles. The quantitative estimate of drug-likeness (QED) is 0.156. The maximum atomic E-state index is 12.4. The van der Waals surface area contributed by atoms with Crippen molar-refractivity contribution in [3.05, 3.63) is 129 Å². The van der Waals surface area contributed by atoms with Crippen molar-refractivity contribution >= 4 is 11.1 Å². The fourth-order valence-corrected chi connectivity index (χ4v) is 9.58. The Hall–Kier alpha value is -4.96. The van der Waals surface area contributed by atoms with Crippen molar-refractivity contribution in [2.45, 2.75) is 169 Å². The molecule has 4 aromatic rings. The Labute approximate surface area is 419 Å². The highest BCUT2D eigenvalue weighted by Crippen LogP contribution is 2.51. The Kier molecular flexibility index (Phi) is 15.0. The van der Waals surface area contributed by atoms with E-state index in [2.05, 4.69) is 223 Å². The molecule has 2 unspecified atom stereocenters. The smallest absolute Gasteiger partial charge is 0.131 e. The number of phenols is 2. The van der Waals surface area contributed by atoms with Gasteiger partial charge in [-0.15, -0.1) is 0 Å². The molecule has 0 spiro atoms. The lowest BCUT2D eigenvalue weighted by Crippen LogP contribution is -2.23. The summed E-state index contributed by atoms with van der Waals surface area (Å²) in [5.74, 6) is 2.74. The van der Waals surface area contributed by atoms with Gasteiger partial charge in [0, 0.05) is 39.8 Å². The number of hydrogen-bond acceptors (Lipinski definition) is 4. The van der Waals surface area contributed by atoms with Crippen LogP contribution in [-0.4, -0.2) is 23.4 Å². The van der Waals surface area contributed by atoms with Gasteiger partial charge >= 0.3 is 0 Å². The molecule has 0 fully saturated rings. The van der Waals surface area contributed by atoms with Gasteiger partial charge < -0.3 is 19.7 Å². The summed E-state index contributed by atoms with van der Waals surface area (Å²) < 4.78 is 13.4. The summed E-state index contributed by atoms with van der Waals surface area (Å²) in [5.41, 5.74) is 14.5. The molecule has 2 atom stereocenters. The molecule has 4 aromatic carbocycles. The van der Waals surface area contributed by atoms with Gasteiger partial charge in [0.25, 0.3) is 0 Å². The van der Waals surface area contributed by atoms with Gasteiger partial charge in [0.05, 0.1) is 13.2 Å². The van der Waals surface area contributed by atoms with Crippen LogP contribution in [0.3, 0.4) is 0 Å². The normalized spacial score (nSPS) is 17.5. The highest BCUT2D eigenvalue weighted by molar-refractivity contribution is 5.87. The number of benzene rings is 4. The van der Waals surface area contributed by atoms with E-state index >= 15 is 0 Å². The van der Waals surface area contributed by atoms with Gasteiger partial charge in [-0.25, -0.2) is 0 Å². The summed E-state index contributed by atoms with van der Waals surface area (Å²) in [6, 6.07) is 21.4. The SMILES string of the molecule is Cc1cc(C2=CC(C(C)(C)C)=CC(C(C)(C)C)C2)c(O)c(-c2cc(C(C)(C)C)ccc2OCCCOc2ccc(C(C)(C)C)cc2-c2cc(C)cc(C3=CC(C(C)(C)C)=CC(C(C)(C)C)C3)c2O)c1. The molecule has 0 bridgehead atoms. The minimum atomic E-state index is -0.108. The molecule has 4 nitrogen and oxygen atoms in total. The summed E-state index contributed by atoms with van der Waals surface area (Å²) in [6.07, 6.45) is 11.9. The molecular formula is C65H88O4. The zero-order chi connectivity index (χ0) is 51.4. The number of rotatable bonds is 10. The number of aromatic hydroxyl groups is 2. The second-order valence-corrected chi connectivity index (χ2v) is 26.8. The molecule has 372 valence electrons. The first kappa shape index (κ1) is 53.4. The van der Waals surface area contributed by atoms with Crippen LogP contribution in [0.5, 0.6) is 23.0 Å². The van der Waals surface area contributed by atoms with Crippen LogP contribution in [0.15, 0.2) is 96.1 Å². The van der Waals surface area contributed by atoms with Crippen LogP contribution >= 0.6 is 0 Å². The maximum absolute atomic E-state index is 12.4. The predicted molar refractivity (Wildman–Crippen MR) is 296 cm³/mol. The van der Waals surface area contributed by atoms with Gasteiger partial charge in [-0.05, 0) is 164 Å². The maximum Gasteiger partial charge on any atom is 0.131 e. The van der Waals surface area contributed by atoms with E-state index < -0.39 is 0 Å². The zero-order valence-corrected chi connectivity index (χ0v) is 46.5. The van der Waals surface area contributed by atoms with Crippen molar-refractivity contribution in [1.82, 2.24) is 0 Å². The monoisotopic (exact) mass is 933 g/mol. The Morgan fingerprint density at radius 3 is 1.07 bits per heavy atom. The van der Waals surface area contributed by atoms with Crippen molar-refractivity contribution in [1.29, 1.82) is 0 Å². The van der Waals surface area contributed by atoms with Crippen LogP contribution < -0.4 is 9.47 Å². The molecule has 6 rings (SSSR count). The average Bonchev–Trinajstić information content (AvgIpc) is 3.22. The molecule has 0 aromatic heterocycles. The van der Waals surface area contributed by atoms with E-state index in [1.54, 1.807) is 0 Å². The molecule has 2 aliphatic carbocycles. The second kappa shape index (κ2) is 19.3. The van der Waals surface area contributed by atoms with Crippen molar-refractivity contribution in [2.75, 3.05) is 13.2 Å². The minimum absolute atomic E-state index is 0.0235. The lowest BCUT2D eigenvalue weighted by Gasteiger charge is -2.36. The minimum Gasteiger partial charge on any atom is -0.507 e. The van der Waals surface area contributed by atoms with E-state index in [9.17, 15) is 10.2 Å². The van der Waals surface area contributed by atoms with Gasteiger partial charge in [-0.1, -0.05) is 161 Å². The highest BCUT2D eigenvalue weighted by Gasteiger charge is 2.34. The highest BCUT2D eigenvalue weighted by atomic mass is 16.5. The molecule has 0 amide bonds. The summed E-state index contributed by atoms with van der Waals surface area (Å²) in [5, 5.41) is 24.8. The number of ether oxygens (including phenoxy) is 2. The van der Waals surface area contributed by atoms with Crippen LogP contribution in [0.4, 0.5) is 0 Å². The molecular weight excluding hydrogens is 845 g/mol. The van der Waals surface area contributed by atoms with E-state index in [-0.39, 0.29) is 32.5 Å². The van der Waals surface area contributed by atoms with Crippen LogP contribution in [-0.2, 0) is 10.8 Å². The Bertz CT molecular complexity index is 2490. The molecule has 69 heavy (non-hydrogen) atoms. The van der Waals surface area contributed by atoms with Crippen LogP contribution in [0.25, 0.3) is 33.4 Å². The lowest BCUT2D eigenvalue weighted by molar-refractivity contribution is 0.248. The van der Waals surface area contributed by atoms with E-state index in [4.69, 9.17) is 9.47 Å². The first-order chi connectivity index (χ1) is 31.6. The van der Waals surface area contributed by atoms with Gasteiger partial charge in [-0.2, -0.15) is 0 Å². The van der Waals surface area contributed by atoms with Gasteiger partial charge in [0.2, 0.25) is 0 Å². The molecule has 4 heteroatoms. The fourth-order valence-electron chi connectivity index (χ4n) is 9.58. The largest absolute Gasteiger partial charge is 0.507 e. The van der Waals surface area contributed by atoms with Crippen molar-refractivity contribution in [3.63, 3.8) is 0 Å². The number of phenolic OH excluding ortho intramolecular Hbond substituents is 2. The second-order valence-electron chi connectivity index (χ2n) is 26.8. The summed E-state index contributed by atoms with van der Waals surface area (Å²) in [6.45, 7) is 46.0. The third-order valence-electron chi connectivity index (χ3n) is 14.5. The Balaban J connectivity index is 1.31. The summed E-state index contributed by atoms with van der Waals surface area (Å²) >= 11 is 0. The molecule has 0 radical (unpaired) electrons. The molecule has 0 heterocycles. The van der Waals surface area contributed by atoms with Crippen molar-refractivity contribution in [2.24, 2.45) is 33.5 Å². The summed E-state index contributed by atoms with van der Waals surface area (Å²) in [4.78, 5) is 0. The van der Waals surface area contributed by atoms with E-state index in [1.165, 1.54) is 33.4 Å². The first-order valence-corrected chi connectivity index (χ1v) is 25.7. The van der Waals surface area contributed by atoms with Crippen LogP contribution in [0, 0.1) is 47.3 Å². The number of allylic oxidation sites excluding steroid dienone is 8. The van der Waals surface area contributed by atoms with E-state index in [0.717, 1.165) is 68.8 Å². The van der Waals surface area contributed by atoms with Crippen molar-refractivity contribution in [3.8, 4) is 45.3 Å². The van der Waals surface area contributed by atoms with Crippen molar-refractivity contribution < 1.29 is 19.7 Å². The fraction of sp³-hybridized carbons (Fsp3) is 0.508. The summed E-state index contributed by atoms with van der Waals surface area (Å²) in [7, 11) is 0. The van der Waals surface area contributed by atoms with Gasteiger partial charge in [-0.3, -0.25) is 0 Å². The first-order valence-electron chi connectivity index (χ1n) is 25.7. The molecule has 2 aliphatic rings. The van der Waals surface area contributed by atoms with Crippen LogP contribution in [0.2, 0.25) is 0 Å². The third kappa shape index (κ3) is 12.5. The topological polar surface area (TPSA) is 58.9 Å². The van der Waals surface area contributed by atoms with Crippen LogP contribution in [0.1, 0.15) is 177 Å². The standard InChI is InChI=1S/C65H88O4/c1-40-28-50(42-32-46(62(9,10)11)36-47(33-42)63(12,13)14)58(66)54(30-40)52-38-44(60(3,4)5)22-24-56(52)68-26-21-27-69-57-25-23-45(61(6,7)8)39-53(57)55-31-41(2)29-51(59(55)67)43-34-48(64(15,16)17)37-49(35-43)65(18,19)20/h22-25,28-32,34,36-39,47,49,66-67H,21,26-27,33,35H2,1-20H3. The Morgan fingerprint density at radius 2 is 0.768 bits per heavy atom. The molecule has 0 saturated heterocycles. The predicted octanol–water partition coefficient (Wildman–Crippen LogP) is 18.3. The number of aryl methyl sites for hydroxylation is 2. The number of hydrogen-bond donors (Lipinski definition) is 2. The zero-order valence-electron chi connectivity index (χ0n) is 46.5.